The van der Waals surface area contributed by atoms with Crippen molar-refractivity contribution in [3.05, 3.63) is 68.7 Å². The summed E-state index contributed by atoms with van der Waals surface area (Å²) in [6.45, 7) is 2.30. The van der Waals surface area contributed by atoms with Gasteiger partial charge in [-0.05, 0) is 24.1 Å². The van der Waals surface area contributed by atoms with Crippen LogP contribution in [0.15, 0.2) is 46.1 Å². The molecule has 1 N–H and O–H groups in total. The van der Waals surface area contributed by atoms with Crippen LogP contribution in [0, 0.1) is 5.82 Å². The second-order valence-corrected chi connectivity index (χ2v) is 5.48. The van der Waals surface area contributed by atoms with Crippen molar-refractivity contribution in [1.29, 1.82) is 0 Å². The second kappa shape index (κ2) is 8.24. The normalized spacial score (nSPS) is 10.6. The molecule has 2 aromatic rings. The summed E-state index contributed by atoms with van der Waals surface area (Å²) in [5.74, 6) is -0.782. The van der Waals surface area contributed by atoms with Crippen LogP contribution < -0.4 is 16.6 Å². The van der Waals surface area contributed by atoms with Gasteiger partial charge in [-0.15, -0.1) is 0 Å². The van der Waals surface area contributed by atoms with Crippen LogP contribution in [-0.4, -0.2) is 21.6 Å². The molecule has 1 aromatic carbocycles. The van der Waals surface area contributed by atoms with E-state index >= 15 is 0 Å². The van der Waals surface area contributed by atoms with Crippen molar-refractivity contribution in [3.8, 4) is 0 Å². The van der Waals surface area contributed by atoms with Gasteiger partial charge in [-0.2, -0.15) is 0 Å². The Balaban J connectivity index is 2.19. The first-order valence-electron chi connectivity index (χ1n) is 7.82. The maximum Gasteiger partial charge on any atom is 0.331 e. The fraction of sp³-hybridized carbons (Fsp3) is 0.353. The maximum atomic E-state index is 13.2. The van der Waals surface area contributed by atoms with Crippen LogP contribution in [0.3, 0.4) is 0 Å². The molecular weight excluding hydrogens is 313 g/mol. The van der Waals surface area contributed by atoms with E-state index in [1.54, 1.807) is 12.1 Å². The predicted octanol–water partition coefficient (Wildman–Crippen LogP) is 1.11. The summed E-state index contributed by atoms with van der Waals surface area (Å²) < 4.78 is 15.4. The Hall–Kier alpha value is -2.70. The fourth-order valence-electron chi connectivity index (χ4n) is 2.26. The molecule has 0 radical (unpaired) electrons. The van der Waals surface area contributed by atoms with Crippen molar-refractivity contribution in [2.45, 2.75) is 32.9 Å². The zero-order chi connectivity index (χ0) is 17.5. The van der Waals surface area contributed by atoms with Crippen molar-refractivity contribution >= 4 is 5.91 Å². The van der Waals surface area contributed by atoms with E-state index in [1.165, 1.54) is 29.0 Å². The Morgan fingerprint density at radius 2 is 2.04 bits per heavy atom. The number of nitrogens with one attached hydrogen (secondary N) is 1. The number of benzene rings is 1. The van der Waals surface area contributed by atoms with Crippen LogP contribution in [-0.2, 0) is 17.9 Å². The van der Waals surface area contributed by atoms with E-state index in [0.717, 1.165) is 17.4 Å². The summed E-state index contributed by atoms with van der Waals surface area (Å²) in [6, 6.07) is 7.09. The summed E-state index contributed by atoms with van der Waals surface area (Å²) in [6.07, 6.45) is 3.12. The molecule has 0 fully saturated rings. The smallest absolute Gasteiger partial charge is 0.331 e. The van der Waals surface area contributed by atoms with Crippen LogP contribution in [0.5, 0.6) is 0 Å². The van der Waals surface area contributed by atoms with Crippen molar-refractivity contribution < 1.29 is 9.18 Å². The monoisotopic (exact) mass is 333 g/mol. The number of unbranched alkanes of at least 4 members (excludes halogenated alkanes) is 1. The number of rotatable bonds is 7. The minimum absolute atomic E-state index is 0.119. The van der Waals surface area contributed by atoms with Gasteiger partial charge in [-0.25, -0.2) is 9.18 Å². The lowest BCUT2D eigenvalue weighted by atomic mass is 10.2. The molecule has 0 bridgehead atoms. The highest BCUT2D eigenvalue weighted by Crippen LogP contribution is 2.04. The van der Waals surface area contributed by atoms with E-state index in [9.17, 15) is 18.8 Å². The van der Waals surface area contributed by atoms with Crippen molar-refractivity contribution in [3.63, 3.8) is 0 Å². The molecule has 0 aliphatic carbocycles. The van der Waals surface area contributed by atoms with Gasteiger partial charge in [0, 0.05) is 18.8 Å². The molecule has 1 amide bonds. The number of carbonyl (C=O) groups excluding carboxylic acids is 1. The SMILES string of the molecule is CCCCNC(=O)Cn1c(=O)ccn(Cc2cccc(F)c2)c1=O. The van der Waals surface area contributed by atoms with Gasteiger partial charge in [0.15, 0.2) is 0 Å². The predicted molar refractivity (Wildman–Crippen MR) is 88.4 cm³/mol. The van der Waals surface area contributed by atoms with Gasteiger partial charge in [-0.3, -0.25) is 18.7 Å². The average molecular weight is 333 g/mol. The second-order valence-electron chi connectivity index (χ2n) is 5.48. The number of nitrogens with zero attached hydrogens (tertiary/aromatic N) is 2. The molecule has 7 heteroatoms. The summed E-state index contributed by atoms with van der Waals surface area (Å²) >= 11 is 0. The van der Waals surface area contributed by atoms with Crippen LogP contribution in [0.4, 0.5) is 4.39 Å². The van der Waals surface area contributed by atoms with E-state index in [-0.39, 0.29) is 19.0 Å². The van der Waals surface area contributed by atoms with E-state index in [1.807, 2.05) is 6.92 Å². The van der Waals surface area contributed by atoms with Crippen LogP contribution >= 0.6 is 0 Å². The molecule has 0 atom stereocenters. The van der Waals surface area contributed by atoms with Gasteiger partial charge >= 0.3 is 5.69 Å². The quantitative estimate of drug-likeness (QED) is 0.772. The number of amides is 1. The first kappa shape index (κ1) is 17.7. The average Bonchev–Trinajstić information content (AvgIpc) is 2.54. The standard InChI is InChI=1S/C17H20FN3O3/c1-2-3-8-19-15(22)12-21-16(23)7-9-20(17(21)24)11-13-5-4-6-14(18)10-13/h4-7,9-10H,2-3,8,11-12H2,1H3,(H,19,22). The topological polar surface area (TPSA) is 73.1 Å². The summed E-state index contributed by atoms with van der Waals surface area (Å²) in [5.41, 5.74) is -0.548. The molecule has 0 spiro atoms. The van der Waals surface area contributed by atoms with Gasteiger partial charge in [0.1, 0.15) is 12.4 Å². The Bertz CT molecular complexity index is 826. The van der Waals surface area contributed by atoms with Gasteiger partial charge in [0.05, 0.1) is 6.54 Å². The molecule has 0 saturated heterocycles. The van der Waals surface area contributed by atoms with E-state index in [0.29, 0.717) is 12.1 Å². The van der Waals surface area contributed by atoms with Gasteiger partial charge in [0.25, 0.3) is 5.56 Å². The minimum atomic E-state index is -0.600. The highest BCUT2D eigenvalue weighted by Gasteiger charge is 2.10. The lowest BCUT2D eigenvalue weighted by Crippen LogP contribution is -2.43. The molecule has 1 heterocycles. The molecular formula is C17H20FN3O3. The van der Waals surface area contributed by atoms with Gasteiger partial charge in [-0.1, -0.05) is 25.5 Å². The van der Waals surface area contributed by atoms with Crippen LogP contribution in [0.25, 0.3) is 0 Å². The molecule has 0 saturated carbocycles. The Morgan fingerprint density at radius 3 is 2.75 bits per heavy atom. The zero-order valence-corrected chi connectivity index (χ0v) is 13.5. The number of hydrogen-bond acceptors (Lipinski definition) is 3. The zero-order valence-electron chi connectivity index (χ0n) is 13.5. The van der Waals surface area contributed by atoms with Crippen LogP contribution in [0.1, 0.15) is 25.3 Å². The highest BCUT2D eigenvalue weighted by molar-refractivity contribution is 5.75. The first-order chi connectivity index (χ1) is 11.5. The summed E-state index contributed by atoms with van der Waals surface area (Å²) in [7, 11) is 0. The summed E-state index contributed by atoms with van der Waals surface area (Å²) in [4.78, 5) is 36.1. The van der Waals surface area contributed by atoms with Gasteiger partial charge < -0.3 is 5.32 Å². The van der Waals surface area contributed by atoms with Crippen molar-refractivity contribution in [1.82, 2.24) is 14.5 Å². The molecule has 6 nitrogen and oxygen atoms in total. The third-order valence-electron chi connectivity index (χ3n) is 3.54. The Kier molecular flexibility index (Phi) is 6.06. The van der Waals surface area contributed by atoms with Crippen molar-refractivity contribution in [2.75, 3.05) is 6.54 Å². The molecule has 0 aliphatic rings. The number of aromatic nitrogens is 2. The largest absolute Gasteiger partial charge is 0.355 e. The lowest BCUT2D eigenvalue weighted by molar-refractivity contribution is -0.121. The van der Waals surface area contributed by atoms with E-state index < -0.39 is 17.1 Å². The number of carbonyl (C=O) groups is 1. The Labute approximate surface area is 138 Å². The minimum Gasteiger partial charge on any atom is -0.355 e. The number of hydrogen-bond donors (Lipinski definition) is 1. The lowest BCUT2D eigenvalue weighted by Gasteiger charge is -2.10. The highest BCUT2D eigenvalue weighted by atomic mass is 19.1. The summed E-state index contributed by atoms with van der Waals surface area (Å²) in [5, 5.41) is 2.67. The molecule has 1 aromatic heterocycles. The molecule has 128 valence electrons. The third kappa shape index (κ3) is 4.65. The molecule has 2 rings (SSSR count). The van der Waals surface area contributed by atoms with E-state index in [2.05, 4.69) is 5.32 Å². The van der Waals surface area contributed by atoms with Crippen LogP contribution in [0.2, 0.25) is 0 Å². The van der Waals surface area contributed by atoms with Crippen molar-refractivity contribution in [2.24, 2.45) is 0 Å². The maximum absolute atomic E-state index is 13.2. The van der Waals surface area contributed by atoms with E-state index in [4.69, 9.17) is 0 Å². The molecule has 24 heavy (non-hydrogen) atoms. The first-order valence-corrected chi connectivity index (χ1v) is 7.82. The molecule has 0 aliphatic heterocycles. The Morgan fingerprint density at radius 1 is 1.25 bits per heavy atom. The molecule has 0 unspecified atom stereocenters. The number of halogens is 1. The third-order valence-corrected chi connectivity index (χ3v) is 3.54. The fourth-order valence-corrected chi connectivity index (χ4v) is 2.26. The van der Waals surface area contributed by atoms with Gasteiger partial charge in [0.2, 0.25) is 5.91 Å².